The SMILES string of the molecule is CN(C)CCn1ccc2cc(NC(=O)c3cccc4c3ccn4C)ccc21. The normalized spacial score (nSPS) is 11.6. The Morgan fingerprint density at radius 3 is 2.70 bits per heavy atom. The molecule has 0 saturated heterocycles. The molecule has 0 aliphatic carbocycles. The fraction of sp³-hybridized carbons (Fsp3) is 0.227. The van der Waals surface area contributed by atoms with Crippen molar-refractivity contribution in [3.8, 4) is 0 Å². The van der Waals surface area contributed by atoms with Gasteiger partial charge in [0.05, 0.1) is 0 Å². The first-order chi connectivity index (χ1) is 13.0. The zero-order chi connectivity index (χ0) is 19.0. The minimum Gasteiger partial charge on any atom is -0.351 e. The number of hydrogen-bond acceptors (Lipinski definition) is 2. The lowest BCUT2D eigenvalue weighted by Gasteiger charge is -2.11. The summed E-state index contributed by atoms with van der Waals surface area (Å²) in [5.41, 5.74) is 3.73. The number of fused-ring (bicyclic) bond motifs is 2. The first-order valence-electron chi connectivity index (χ1n) is 9.12. The molecule has 1 N–H and O–H groups in total. The minimum atomic E-state index is -0.0850. The Bertz CT molecular complexity index is 1120. The van der Waals surface area contributed by atoms with Gasteiger partial charge >= 0.3 is 0 Å². The maximum atomic E-state index is 12.8. The lowest BCUT2D eigenvalue weighted by molar-refractivity contribution is 0.102. The van der Waals surface area contributed by atoms with Crippen LogP contribution < -0.4 is 5.32 Å². The zero-order valence-electron chi connectivity index (χ0n) is 15.9. The number of carbonyl (C=O) groups excluding carboxylic acids is 1. The van der Waals surface area contributed by atoms with Gasteiger partial charge in [-0.05, 0) is 56.6 Å². The van der Waals surface area contributed by atoms with Crippen molar-refractivity contribution in [2.24, 2.45) is 7.05 Å². The Balaban J connectivity index is 1.58. The van der Waals surface area contributed by atoms with E-state index in [1.54, 1.807) is 0 Å². The van der Waals surface area contributed by atoms with Gasteiger partial charge in [0.25, 0.3) is 5.91 Å². The highest BCUT2D eigenvalue weighted by Crippen LogP contribution is 2.23. The predicted octanol–water partition coefficient (Wildman–Crippen LogP) is 3.95. The molecule has 0 aliphatic heterocycles. The second-order valence-corrected chi connectivity index (χ2v) is 7.21. The highest BCUT2D eigenvalue weighted by molar-refractivity contribution is 6.13. The lowest BCUT2D eigenvalue weighted by Crippen LogP contribution is -2.17. The van der Waals surface area contributed by atoms with Crippen LogP contribution in [0.2, 0.25) is 0 Å². The van der Waals surface area contributed by atoms with Crippen molar-refractivity contribution in [2.45, 2.75) is 6.54 Å². The number of aromatic nitrogens is 2. The number of carbonyl (C=O) groups is 1. The van der Waals surface area contributed by atoms with Gasteiger partial charge in [-0.1, -0.05) is 6.07 Å². The molecule has 0 aliphatic rings. The second-order valence-electron chi connectivity index (χ2n) is 7.21. The van der Waals surface area contributed by atoms with Gasteiger partial charge < -0.3 is 19.4 Å². The van der Waals surface area contributed by atoms with Gasteiger partial charge in [-0.3, -0.25) is 4.79 Å². The molecule has 5 nitrogen and oxygen atoms in total. The summed E-state index contributed by atoms with van der Waals surface area (Å²) in [5.74, 6) is -0.0850. The van der Waals surface area contributed by atoms with Crippen molar-refractivity contribution in [3.63, 3.8) is 0 Å². The zero-order valence-corrected chi connectivity index (χ0v) is 15.9. The third kappa shape index (κ3) is 3.34. The van der Waals surface area contributed by atoms with E-state index in [1.165, 1.54) is 5.52 Å². The third-order valence-electron chi connectivity index (χ3n) is 4.99. The lowest BCUT2D eigenvalue weighted by atomic mass is 10.1. The van der Waals surface area contributed by atoms with E-state index in [4.69, 9.17) is 0 Å². The topological polar surface area (TPSA) is 42.2 Å². The second kappa shape index (κ2) is 6.93. The summed E-state index contributed by atoms with van der Waals surface area (Å²) in [6, 6.07) is 16.0. The number of nitrogens with zero attached hydrogens (tertiary/aromatic N) is 3. The minimum absolute atomic E-state index is 0.0850. The summed E-state index contributed by atoms with van der Waals surface area (Å²) >= 11 is 0. The summed E-state index contributed by atoms with van der Waals surface area (Å²) < 4.78 is 4.26. The van der Waals surface area contributed by atoms with Crippen molar-refractivity contribution in [3.05, 3.63) is 66.5 Å². The van der Waals surface area contributed by atoms with E-state index < -0.39 is 0 Å². The predicted molar refractivity (Wildman–Crippen MR) is 111 cm³/mol. The monoisotopic (exact) mass is 360 g/mol. The van der Waals surface area contributed by atoms with Crippen molar-refractivity contribution in [1.29, 1.82) is 0 Å². The fourth-order valence-corrected chi connectivity index (χ4v) is 3.48. The van der Waals surface area contributed by atoms with Crippen LogP contribution in [0.3, 0.4) is 0 Å². The van der Waals surface area contributed by atoms with Gasteiger partial charge in [0.15, 0.2) is 0 Å². The average Bonchev–Trinajstić information content (AvgIpc) is 3.23. The molecule has 0 radical (unpaired) electrons. The van der Waals surface area contributed by atoms with Crippen LogP contribution in [0.4, 0.5) is 5.69 Å². The maximum Gasteiger partial charge on any atom is 0.256 e. The van der Waals surface area contributed by atoms with E-state index in [-0.39, 0.29) is 5.91 Å². The number of aryl methyl sites for hydroxylation is 1. The number of amides is 1. The smallest absolute Gasteiger partial charge is 0.256 e. The van der Waals surface area contributed by atoms with Crippen LogP contribution in [0.5, 0.6) is 0 Å². The molecule has 0 spiro atoms. The highest BCUT2D eigenvalue weighted by atomic mass is 16.1. The van der Waals surface area contributed by atoms with Crippen LogP contribution >= 0.6 is 0 Å². The van der Waals surface area contributed by atoms with Gasteiger partial charge in [0.1, 0.15) is 0 Å². The molecule has 2 aromatic heterocycles. The summed E-state index contributed by atoms with van der Waals surface area (Å²) in [4.78, 5) is 15.0. The third-order valence-corrected chi connectivity index (χ3v) is 4.99. The van der Waals surface area contributed by atoms with Crippen LogP contribution in [0.1, 0.15) is 10.4 Å². The van der Waals surface area contributed by atoms with Crippen LogP contribution in [0.25, 0.3) is 21.8 Å². The molecule has 2 heterocycles. The number of likely N-dealkylation sites (N-methyl/N-ethyl adjacent to an activating group) is 1. The number of benzene rings is 2. The van der Waals surface area contributed by atoms with Crippen molar-refractivity contribution < 1.29 is 4.79 Å². The Morgan fingerprint density at radius 2 is 1.89 bits per heavy atom. The molecule has 27 heavy (non-hydrogen) atoms. The molecule has 0 unspecified atom stereocenters. The molecule has 1 amide bonds. The molecule has 138 valence electrons. The first kappa shape index (κ1) is 17.4. The molecule has 0 bridgehead atoms. The van der Waals surface area contributed by atoms with Crippen molar-refractivity contribution >= 4 is 33.4 Å². The van der Waals surface area contributed by atoms with Crippen molar-refractivity contribution in [1.82, 2.24) is 14.0 Å². The van der Waals surface area contributed by atoms with Gasteiger partial charge in [-0.25, -0.2) is 0 Å². The van der Waals surface area contributed by atoms with Crippen LogP contribution in [0.15, 0.2) is 60.9 Å². The van der Waals surface area contributed by atoms with E-state index in [0.717, 1.165) is 35.1 Å². The van der Waals surface area contributed by atoms with E-state index in [0.29, 0.717) is 5.56 Å². The highest BCUT2D eigenvalue weighted by Gasteiger charge is 2.12. The Morgan fingerprint density at radius 1 is 1.04 bits per heavy atom. The summed E-state index contributed by atoms with van der Waals surface area (Å²) in [7, 11) is 6.14. The molecular weight excluding hydrogens is 336 g/mol. The summed E-state index contributed by atoms with van der Waals surface area (Å²) in [6.45, 7) is 1.93. The summed E-state index contributed by atoms with van der Waals surface area (Å²) in [5, 5.41) is 5.14. The van der Waals surface area contributed by atoms with Gasteiger partial charge in [-0.15, -0.1) is 0 Å². The molecule has 5 heteroatoms. The van der Waals surface area contributed by atoms with Gasteiger partial charge in [-0.2, -0.15) is 0 Å². The molecule has 4 aromatic rings. The standard InChI is InChI=1S/C22H24N4O/c1-24(2)13-14-26-12-9-16-15-17(7-8-20(16)26)23-22(27)19-5-4-6-21-18(19)10-11-25(21)3/h4-12,15H,13-14H2,1-3H3,(H,23,27). The molecule has 0 fully saturated rings. The average molecular weight is 360 g/mol. The van der Waals surface area contributed by atoms with Crippen LogP contribution in [0, 0.1) is 0 Å². The number of nitrogens with one attached hydrogen (secondary N) is 1. The van der Waals surface area contributed by atoms with Gasteiger partial charge in [0.2, 0.25) is 0 Å². The molecule has 4 rings (SSSR count). The quantitative estimate of drug-likeness (QED) is 0.586. The molecule has 2 aromatic carbocycles. The van der Waals surface area contributed by atoms with E-state index in [2.05, 4.69) is 47.2 Å². The number of rotatable bonds is 5. The number of anilines is 1. The fourth-order valence-electron chi connectivity index (χ4n) is 3.48. The Labute approximate surface area is 158 Å². The Kier molecular flexibility index (Phi) is 4.46. The van der Waals surface area contributed by atoms with E-state index >= 15 is 0 Å². The number of hydrogen-bond donors (Lipinski definition) is 1. The molecular formula is C22H24N4O. The van der Waals surface area contributed by atoms with Crippen LogP contribution in [-0.2, 0) is 13.6 Å². The van der Waals surface area contributed by atoms with E-state index in [9.17, 15) is 4.79 Å². The molecule has 0 atom stereocenters. The van der Waals surface area contributed by atoms with E-state index in [1.807, 2.05) is 54.2 Å². The van der Waals surface area contributed by atoms with Gasteiger partial charge in [0, 0.05) is 65.6 Å². The maximum absolute atomic E-state index is 12.8. The first-order valence-corrected chi connectivity index (χ1v) is 9.12. The molecule has 0 saturated carbocycles. The van der Waals surface area contributed by atoms with Crippen LogP contribution in [-0.4, -0.2) is 40.6 Å². The summed E-state index contributed by atoms with van der Waals surface area (Å²) in [6.07, 6.45) is 4.08. The van der Waals surface area contributed by atoms with Crippen molar-refractivity contribution in [2.75, 3.05) is 26.0 Å². The Hall–Kier alpha value is -3.05. The largest absolute Gasteiger partial charge is 0.351 e.